The lowest BCUT2D eigenvalue weighted by Crippen LogP contribution is -2.55. The van der Waals surface area contributed by atoms with Crippen LogP contribution in [0, 0.1) is 0 Å². The molecule has 1 saturated heterocycles. The second kappa shape index (κ2) is 14.2. The number of nitrogens with two attached hydrogens (primary N) is 4. The Bertz CT molecular complexity index is 1590. The first-order chi connectivity index (χ1) is 22.2. The van der Waals surface area contributed by atoms with E-state index in [-0.39, 0.29) is 35.3 Å². The standard InChI is InChI=1S/C27H34ClN15O3/c28-21-23(38-40-30)34-22(37-39-29)20(33-21)24(44)35-25-36-27(16-43(25)32)9-11-41(12-10-27)26(45)42(31)14-18-7-4-8-19(13-18)46-15-17-5-2-1-3-6-17/h1-8,13,20,33H,9-12,14-16,31-32H2,(H2,30,38)(H2,29,34,37)(H,35,36,44). The molecule has 1 atom stereocenters. The third kappa shape index (κ3) is 7.48. The van der Waals surface area contributed by atoms with Crippen LogP contribution in [-0.4, -0.2) is 69.9 Å². The number of nitrogens with zero attached hydrogens (tertiary/aromatic N) is 9. The Morgan fingerprint density at radius 1 is 1.09 bits per heavy atom. The molecule has 1 unspecified atom stereocenters. The van der Waals surface area contributed by atoms with Crippen LogP contribution in [0.1, 0.15) is 24.0 Å². The van der Waals surface area contributed by atoms with Crippen molar-refractivity contribution in [2.75, 3.05) is 19.6 Å². The van der Waals surface area contributed by atoms with Crippen LogP contribution in [0.2, 0.25) is 0 Å². The number of benzene rings is 2. The SMILES string of the molecule is NN=NC1=NC(N=NN)=C(Cl)NC1C(=O)NC1=NC2(CCN(C(=O)N(N)Cc3cccc(OCc4ccccc4)c3)CC2)CN1N. The van der Waals surface area contributed by atoms with E-state index in [9.17, 15) is 9.59 Å². The number of rotatable bonds is 7. The number of ether oxygens (including phenoxy) is 1. The van der Waals surface area contributed by atoms with Crippen molar-refractivity contribution in [2.24, 2.45) is 54.0 Å². The molecule has 3 aliphatic rings. The molecule has 2 aromatic rings. The number of guanidine groups is 1. The van der Waals surface area contributed by atoms with Gasteiger partial charge in [0, 0.05) is 13.1 Å². The van der Waals surface area contributed by atoms with Crippen molar-refractivity contribution in [1.29, 1.82) is 0 Å². The number of halogens is 1. The fraction of sp³-hybridized carbons (Fsp3) is 0.333. The van der Waals surface area contributed by atoms with Crippen molar-refractivity contribution in [3.05, 3.63) is 76.7 Å². The average Bonchev–Trinajstić information content (AvgIpc) is 3.35. The summed E-state index contributed by atoms with van der Waals surface area (Å²) in [6, 6.07) is 15.8. The van der Waals surface area contributed by atoms with Gasteiger partial charge in [-0.1, -0.05) is 64.5 Å². The van der Waals surface area contributed by atoms with Gasteiger partial charge in [-0.2, -0.15) is 0 Å². The van der Waals surface area contributed by atoms with Crippen molar-refractivity contribution in [1.82, 2.24) is 25.6 Å². The smallest absolute Gasteiger partial charge is 0.334 e. The molecule has 3 amide bonds. The van der Waals surface area contributed by atoms with Gasteiger partial charge in [0.2, 0.25) is 11.8 Å². The van der Waals surface area contributed by atoms with E-state index >= 15 is 0 Å². The highest BCUT2D eigenvalue weighted by atomic mass is 35.5. The first-order valence-corrected chi connectivity index (χ1v) is 14.5. The van der Waals surface area contributed by atoms with Crippen molar-refractivity contribution in [3.63, 3.8) is 0 Å². The fourth-order valence-electron chi connectivity index (χ4n) is 5.22. The molecule has 3 heterocycles. The lowest BCUT2D eigenvalue weighted by atomic mass is 9.89. The van der Waals surface area contributed by atoms with Crippen LogP contribution in [0.3, 0.4) is 0 Å². The van der Waals surface area contributed by atoms with Gasteiger partial charge in [0.05, 0.1) is 18.6 Å². The van der Waals surface area contributed by atoms with E-state index in [2.05, 4.69) is 36.3 Å². The van der Waals surface area contributed by atoms with Crippen LogP contribution in [0.5, 0.6) is 5.75 Å². The van der Waals surface area contributed by atoms with E-state index in [1.807, 2.05) is 54.6 Å². The maximum Gasteiger partial charge on any atom is 0.334 e. The van der Waals surface area contributed by atoms with E-state index in [1.54, 1.807) is 4.90 Å². The fourth-order valence-corrected chi connectivity index (χ4v) is 5.41. The molecule has 242 valence electrons. The summed E-state index contributed by atoms with van der Waals surface area (Å²) in [5, 5.41) is 21.4. The molecule has 18 nitrogen and oxygen atoms in total. The monoisotopic (exact) mass is 651 g/mol. The van der Waals surface area contributed by atoms with Crippen molar-refractivity contribution >= 4 is 35.3 Å². The molecule has 0 aromatic heterocycles. The second-order valence-corrected chi connectivity index (χ2v) is 11.1. The second-order valence-electron chi connectivity index (χ2n) is 10.7. The Hall–Kier alpha value is -5.33. The number of carbonyl (C=O) groups is 2. The van der Waals surface area contributed by atoms with E-state index in [1.165, 1.54) is 10.0 Å². The third-order valence-corrected chi connectivity index (χ3v) is 7.82. The Balaban J connectivity index is 1.15. The highest BCUT2D eigenvalue weighted by molar-refractivity contribution is 6.30. The molecule has 1 fully saturated rings. The zero-order valence-corrected chi connectivity index (χ0v) is 25.4. The minimum absolute atomic E-state index is 0.0881. The predicted molar refractivity (Wildman–Crippen MR) is 168 cm³/mol. The summed E-state index contributed by atoms with van der Waals surface area (Å²) in [6.07, 6.45) is 1.00. The summed E-state index contributed by atoms with van der Waals surface area (Å²) in [6.45, 7) is 1.75. The van der Waals surface area contributed by atoms with Crippen LogP contribution < -0.4 is 38.7 Å². The molecule has 5 rings (SSSR count). The van der Waals surface area contributed by atoms with Gasteiger partial charge in [0.15, 0.2) is 17.0 Å². The Morgan fingerprint density at radius 2 is 1.80 bits per heavy atom. The number of piperidine rings is 1. The van der Waals surface area contributed by atoms with E-state index < -0.39 is 17.5 Å². The maximum atomic E-state index is 13.2. The first kappa shape index (κ1) is 32.1. The van der Waals surface area contributed by atoms with Crippen LogP contribution in [-0.2, 0) is 17.9 Å². The van der Waals surface area contributed by atoms with Gasteiger partial charge in [-0.25, -0.2) is 26.5 Å². The average molecular weight is 652 g/mol. The number of urea groups is 1. The number of likely N-dealkylation sites (tertiary alicyclic amines) is 1. The number of amides is 3. The van der Waals surface area contributed by atoms with Gasteiger partial charge < -0.3 is 26.6 Å². The molecular formula is C27H34ClN15O3. The van der Waals surface area contributed by atoms with Crippen molar-refractivity contribution in [2.45, 2.75) is 37.6 Å². The van der Waals surface area contributed by atoms with E-state index in [4.69, 9.17) is 44.7 Å². The number of amidine groups is 1. The van der Waals surface area contributed by atoms with Crippen molar-refractivity contribution < 1.29 is 14.3 Å². The molecule has 46 heavy (non-hydrogen) atoms. The van der Waals surface area contributed by atoms with E-state index in [0.717, 1.165) is 11.1 Å². The molecule has 2 aromatic carbocycles. The molecule has 0 saturated carbocycles. The topological polar surface area (TPSA) is 255 Å². The van der Waals surface area contributed by atoms with Gasteiger partial charge in [0.1, 0.15) is 12.4 Å². The van der Waals surface area contributed by atoms with Gasteiger partial charge >= 0.3 is 6.03 Å². The number of nitrogens with one attached hydrogen (secondary N) is 2. The first-order valence-electron chi connectivity index (χ1n) is 14.2. The van der Waals surface area contributed by atoms with Crippen LogP contribution in [0.25, 0.3) is 0 Å². The molecule has 0 radical (unpaired) electrons. The number of hydrogen-bond acceptors (Lipinski definition) is 13. The van der Waals surface area contributed by atoms with Crippen molar-refractivity contribution in [3.8, 4) is 5.75 Å². The molecule has 3 aliphatic heterocycles. The predicted octanol–water partition coefficient (Wildman–Crippen LogP) is 0.945. The summed E-state index contributed by atoms with van der Waals surface area (Å²) in [5.41, 5.74) is 1.27. The largest absolute Gasteiger partial charge is 0.489 e. The summed E-state index contributed by atoms with van der Waals surface area (Å²) >= 11 is 6.13. The van der Waals surface area contributed by atoms with Crippen LogP contribution >= 0.6 is 11.6 Å². The van der Waals surface area contributed by atoms with Gasteiger partial charge in [0.25, 0.3) is 5.91 Å². The normalized spacial score (nSPS) is 19.3. The van der Waals surface area contributed by atoms with Gasteiger partial charge in [-0.3, -0.25) is 20.1 Å². The highest BCUT2D eigenvalue weighted by Crippen LogP contribution is 2.31. The quantitative estimate of drug-likeness (QED) is 0.0817. The lowest BCUT2D eigenvalue weighted by molar-refractivity contribution is -0.120. The number of carbonyl (C=O) groups excluding carboxylic acids is 2. The van der Waals surface area contributed by atoms with Gasteiger partial charge in [-0.15, -0.1) is 10.2 Å². The number of hydrazine groups is 2. The third-order valence-electron chi connectivity index (χ3n) is 7.55. The lowest BCUT2D eigenvalue weighted by Gasteiger charge is -2.38. The van der Waals surface area contributed by atoms with E-state index in [0.29, 0.717) is 44.8 Å². The molecule has 19 heteroatoms. The summed E-state index contributed by atoms with van der Waals surface area (Å²) < 4.78 is 5.90. The maximum absolute atomic E-state index is 13.2. The Kier molecular flexibility index (Phi) is 9.89. The van der Waals surface area contributed by atoms with Crippen LogP contribution in [0.15, 0.2) is 96.2 Å². The molecule has 10 N–H and O–H groups in total. The molecule has 1 spiro atoms. The number of hydrogen-bond donors (Lipinski definition) is 6. The zero-order chi connectivity index (χ0) is 32.7. The van der Waals surface area contributed by atoms with Gasteiger partial charge in [-0.05, 0) is 36.1 Å². The highest BCUT2D eigenvalue weighted by Gasteiger charge is 2.43. The summed E-state index contributed by atoms with van der Waals surface area (Å²) in [4.78, 5) is 36.8. The Morgan fingerprint density at radius 3 is 2.52 bits per heavy atom. The zero-order valence-electron chi connectivity index (χ0n) is 24.7. The summed E-state index contributed by atoms with van der Waals surface area (Å²) in [7, 11) is 0. The minimum Gasteiger partial charge on any atom is -0.489 e. The number of aliphatic imine (C=N–C) groups is 2. The molecular weight excluding hydrogens is 618 g/mol. The van der Waals surface area contributed by atoms with Crippen LogP contribution in [0.4, 0.5) is 4.79 Å². The minimum atomic E-state index is -1.18. The Labute approximate surface area is 268 Å². The molecule has 0 aliphatic carbocycles. The molecule has 0 bridgehead atoms. The summed E-state index contributed by atoms with van der Waals surface area (Å²) in [5.74, 6) is 22.6.